The van der Waals surface area contributed by atoms with Crippen LogP contribution < -0.4 is 9.44 Å². The summed E-state index contributed by atoms with van der Waals surface area (Å²) in [4.78, 5) is 0.348. The van der Waals surface area contributed by atoms with Crippen LogP contribution in [0, 0.1) is 0 Å². The molecule has 0 radical (unpaired) electrons. The molecule has 2 atom stereocenters. The third kappa shape index (κ3) is 4.72. The zero-order chi connectivity index (χ0) is 23.8. The summed E-state index contributed by atoms with van der Waals surface area (Å²) in [5.74, 6) is 0. The van der Waals surface area contributed by atoms with Crippen LogP contribution in [0.15, 0.2) is 94.7 Å². The maximum atomic E-state index is 13.2. The highest BCUT2D eigenvalue weighted by molar-refractivity contribution is 7.90. The maximum Gasteiger partial charge on any atom is 0.240 e. The van der Waals surface area contributed by atoms with Gasteiger partial charge in [-0.15, -0.1) is 0 Å². The molecule has 6 nitrogen and oxygen atoms in total. The van der Waals surface area contributed by atoms with Crippen LogP contribution in [-0.4, -0.2) is 28.9 Å². The van der Waals surface area contributed by atoms with Crippen molar-refractivity contribution in [1.29, 1.82) is 0 Å². The molecular weight excluding hydrogens is 468 g/mol. The molecule has 0 unspecified atom stereocenters. The van der Waals surface area contributed by atoms with Crippen molar-refractivity contribution in [3.05, 3.63) is 84.9 Å². The zero-order valence-corrected chi connectivity index (χ0v) is 20.1. The lowest BCUT2D eigenvalue weighted by atomic mass is 9.92. The molecular formula is C26H26N2O4S2. The van der Waals surface area contributed by atoms with Crippen LogP contribution in [0.1, 0.15) is 25.7 Å². The topological polar surface area (TPSA) is 92.3 Å². The van der Waals surface area contributed by atoms with Crippen LogP contribution in [0.25, 0.3) is 21.5 Å². The van der Waals surface area contributed by atoms with Gasteiger partial charge >= 0.3 is 0 Å². The van der Waals surface area contributed by atoms with Crippen molar-refractivity contribution >= 4 is 41.6 Å². The average Bonchev–Trinajstić information content (AvgIpc) is 2.84. The molecule has 1 fully saturated rings. The second-order valence-corrected chi connectivity index (χ2v) is 12.2. The summed E-state index contributed by atoms with van der Waals surface area (Å²) < 4.78 is 58.3. The fraction of sp³-hybridized carbons (Fsp3) is 0.231. The van der Waals surface area contributed by atoms with Gasteiger partial charge < -0.3 is 0 Å². The smallest absolute Gasteiger partial charge is 0.207 e. The quantitative estimate of drug-likeness (QED) is 0.411. The van der Waals surface area contributed by atoms with E-state index in [1.807, 2.05) is 48.5 Å². The van der Waals surface area contributed by atoms with Gasteiger partial charge in [-0.1, -0.05) is 73.5 Å². The van der Waals surface area contributed by atoms with Crippen molar-refractivity contribution < 1.29 is 16.8 Å². The SMILES string of the molecule is O=S(=O)(N[C@@H]1CCCC[C@H]1NS(=O)(=O)c1ccc2ccccc2c1)c1ccc2ccccc2c1. The molecule has 0 aromatic heterocycles. The van der Waals surface area contributed by atoms with E-state index in [0.717, 1.165) is 34.4 Å². The van der Waals surface area contributed by atoms with Crippen molar-refractivity contribution in [1.82, 2.24) is 9.44 Å². The maximum absolute atomic E-state index is 13.2. The van der Waals surface area contributed by atoms with Gasteiger partial charge in [-0.3, -0.25) is 0 Å². The first kappa shape index (κ1) is 23.0. The Hall–Kier alpha value is -2.78. The largest absolute Gasteiger partial charge is 0.240 e. The van der Waals surface area contributed by atoms with E-state index in [-0.39, 0.29) is 9.79 Å². The summed E-state index contributed by atoms with van der Waals surface area (Å²) in [7, 11) is -7.64. The second kappa shape index (κ2) is 9.11. The minimum atomic E-state index is -3.82. The minimum absolute atomic E-state index is 0.174. The summed E-state index contributed by atoms with van der Waals surface area (Å²) in [6, 6.07) is 24.1. The number of rotatable bonds is 6. The van der Waals surface area contributed by atoms with Gasteiger partial charge in [0.15, 0.2) is 0 Å². The highest BCUT2D eigenvalue weighted by Crippen LogP contribution is 2.25. The third-order valence-corrected chi connectivity index (χ3v) is 9.42. The lowest BCUT2D eigenvalue weighted by Gasteiger charge is -2.32. The molecule has 2 N–H and O–H groups in total. The summed E-state index contributed by atoms with van der Waals surface area (Å²) in [6.45, 7) is 0. The van der Waals surface area contributed by atoms with Gasteiger partial charge in [-0.2, -0.15) is 0 Å². The van der Waals surface area contributed by atoms with E-state index in [1.165, 1.54) is 0 Å². The van der Waals surface area contributed by atoms with Gasteiger partial charge in [-0.25, -0.2) is 26.3 Å². The summed E-state index contributed by atoms with van der Waals surface area (Å²) in [5, 5.41) is 3.59. The monoisotopic (exact) mass is 494 g/mol. The normalized spacial score (nSPS) is 19.4. The van der Waals surface area contributed by atoms with Gasteiger partial charge in [0, 0.05) is 12.1 Å². The number of fused-ring (bicyclic) bond motifs is 2. The van der Waals surface area contributed by atoms with E-state index in [4.69, 9.17) is 0 Å². The summed E-state index contributed by atoms with van der Waals surface area (Å²) in [5.41, 5.74) is 0. The van der Waals surface area contributed by atoms with Crippen molar-refractivity contribution in [2.75, 3.05) is 0 Å². The molecule has 5 rings (SSSR count). The number of hydrogen-bond donors (Lipinski definition) is 2. The van der Waals surface area contributed by atoms with Crippen molar-refractivity contribution in [3.8, 4) is 0 Å². The molecule has 34 heavy (non-hydrogen) atoms. The van der Waals surface area contributed by atoms with E-state index in [1.54, 1.807) is 36.4 Å². The van der Waals surface area contributed by atoms with Gasteiger partial charge in [0.2, 0.25) is 20.0 Å². The zero-order valence-electron chi connectivity index (χ0n) is 18.5. The molecule has 0 heterocycles. The van der Waals surface area contributed by atoms with E-state index >= 15 is 0 Å². The summed E-state index contributed by atoms with van der Waals surface area (Å²) in [6.07, 6.45) is 2.80. The molecule has 1 aliphatic carbocycles. The fourth-order valence-corrected chi connectivity index (χ4v) is 7.31. The molecule has 8 heteroatoms. The number of hydrogen-bond acceptors (Lipinski definition) is 4. The molecule has 0 amide bonds. The minimum Gasteiger partial charge on any atom is -0.207 e. The van der Waals surface area contributed by atoms with Gasteiger partial charge in [0.1, 0.15) is 0 Å². The molecule has 0 saturated heterocycles. The Morgan fingerprint density at radius 3 is 1.32 bits per heavy atom. The average molecular weight is 495 g/mol. The predicted octanol–water partition coefficient (Wildman–Crippen LogP) is 4.56. The predicted molar refractivity (Wildman–Crippen MR) is 135 cm³/mol. The molecule has 176 valence electrons. The van der Waals surface area contributed by atoms with E-state index < -0.39 is 32.1 Å². The second-order valence-electron chi connectivity index (χ2n) is 8.76. The molecule has 4 aromatic carbocycles. The number of sulfonamides is 2. The van der Waals surface area contributed by atoms with Crippen LogP contribution in [0.3, 0.4) is 0 Å². The highest BCUT2D eigenvalue weighted by Gasteiger charge is 2.33. The van der Waals surface area contributed by atoms with Crippen LogP contribution >= 0.6 is 0 Å². The lowest BCUT2D eigenvalue weighted by Crippen LogP contribution is -2.52. The van der Waals surface area contributed by atoms with Crippen LogP contribution in [0.4, 0.5) is 0 Å². The first-order valence-corrected chi connectivity index (χ1v) is 14.3. The van der Waals surface area contributed by atoms with Crippen LogP contribution in [0.5, 0.6) is 0 Å². The molecule has 1 saturated carbocycles. The first-order valence-electron chi connectivity index (χ1n) is 11.3. The van der Waals surface area contributed by atoms with Crippen molar-refractivity contribution in [2.45, 2.75) is 47.6 Å². The Bertz CT molecular complexity index is 1450. The van der Waals surface area contributed by atoms with Crippen LogP contribution in [-0.2, 0) is 20.0 Å². The van der Waals surface area contributed by atoms with Gasteiger partial charge in [0.25, 0.3) is 0 Å². The first-order chi connectivity index (χ1) is 16.3. The molecule has 1 aliphatic rings. The molecule has 0 spiro atoms. The van der Waals surface area contributed by atoms with Gasteiger partial charge in [-0.05, 0) is 58.7 Å². The number of benzene rings is 4. The fourth-order valence-electron chi connectivity index (χ4n) is 4.62. The molecule has 4 aromatic rings. The van der Waals surface area contributed by atoms with Crippen molar-refractivity contribution in [2.24, 2.45) is 0 Å². The molecule has 0 aliphatic heterocycles. The van der Waals surface area contributed by atoms with E-state index in [2.05, 4.69) is 9.44 Å². The third-order valence-electron chi connectivity index (χ3n) is 6.44. The van der Waals surface area contributed by atoms with Gasteiger partial charge in [0.05, 0.1) is 9.79 Å². The highest BCUT2D eigenvalue weighted by atomic mass is 32.2. The van der Waals surface area contributed by atoms with E-state index in [0.29, 0.717) is 12.8 Å². The summed E-state index contributed by atoms with van der Waals surface area (Å²) >= 11 is 0. The Balaban J connectivity index is 1.38. The van der Waals surface area contributed by atoms with Crippen LogP contribution in [0.2, 0.25) is 0 Å². The lowest BCUT2D eigenvalue weighted by molar-refractivity contribution is 0.340. The molecule has 0 bridgehead atoms. The Kier molecular flexibility index (Phi) is 6.16. The Morgan fingerprint density at radius 2 is 0.912 bits per heavy atom. The van der Waals surface area contributed by atoms with Crippen molar-refractivity contribution in [3.63, 3.8) is 0 Å². The number of nitrogens with one attached hydrogen (secondary N) is 2. The Labute approximate surface area is 200 Å². The van der Waals surface area contributed by atoms with E-state index in [9.17, 15) is 16.8 Å². The Morgan fingerprint density at radius 1 is 0.529 bits per heavy atom. The standard InChI is InChI=1S/C26H26N2O4S2/c29-33(30,23-15-13-19-7-1-3-9-21(19)17-23)27-25-11-5-6-12-26(25)28-34(31,32)24-16-14-20-8-2-4-10-22(20)18-24/h1-4,7-10,13-18,25-28H,5-6,11-12H2/t25-,26-/m1/s1.